The molecule has 0 spiro atoms. The molecule has 0 bridgehead atoms. The fraction of sp³-hybridized carbons (Fsp3) is 0.375. The number of benzene rings is 1. The first-order chi connectivity index (χ1) is 9.60. The van der Waals surface area contributed by atoms with Crippen LogP contribution in [0, 0.1) is 0 Å². The van der Waals surface area contributed by atoms with E-state index in [0.717, 1.165) is 23.4 Å². The number of rotatable bonds is 5. The van der Waals surface area contributed by atoms with Crippen molar-refractivity contribution in [3.8, 4) is 17.1 Å². The van der Waals surface area contributed by atoms with Gasteiger partial charge in [0.2, 0.25) is 0 Å². The average Bonchev–Trinajstić information content (AvgIpc) is 2.44. The standard InChI is InChI=1S/C16H20N2O2/c1-4-8-20-13-7-5-6-12(9-13)16-17-14(11(2)3)10-15(19)18-16/h5-7,9-11H,4,8H2,1-3H3,(H,17,18,19). The van der Waals surface area contributed by atoms with Crippen LogP contribution in [0.1, 0.15) is 38.8 Å². The second-order valence-electron chi connectivity index (χ2n) is 5.05. The second-order valence-corrected chi connectivity index (χ2v) is 5.05. The van der Waals surface area contributed by atoms with Crippen LogP contribution in [0.3, 0.4) is 0 Å². The lowest BCUT2D eigenvalue weighted by Gasteiger charge is -2.09. The number of hydrogen-bond acceptors (Lipinski definition) is 3. The highest BCUT2D eigenvalue weighted by Crippen LogP contribution is 2.21. The summed E-state index contributed by atoms with van der Waals surface area (Å²) in [5.41, 5.74) is 1.53. The van der Waals surface area contributed by atoms with Gasteiger partial charge in [-0.15, -0.1) is 0 Å². The molecule has 0 aliphatic rings. The summed E-state index contributed by atoms with van der Waals surface area (Å²) in [5.74, 6) is 1.60. The summed E-state index contributed by atoms with van der Waals surface area (Å²) in [6.07, 6.45) is 0.960. The van der Waals surface area contributed by atoms with Gasteiger partial charge in [0.05, 0.1) is 12.3 Å². The SMILES string of the molecule is CCCOc1cccc(-c2nc(C(C)C)cc(=O)[nH]2)c1. The van der Waals surface area contributed by atoms with Crippen LogP contribution < -0.4 is 10.3 Å². The fourth-order valence-electron chi connectivity index (χ4n) is 1.86. The molecule has 1 aromatic heterocycles. The minimum Gasteiger partial charge on any atom is -0.494 e. The molecule has 0 aliphatic carbocycles. The molecule has 1 aromatic carbocycles. The molecule has 1 N–H and O–H groups in total. The maximum atomic E-state index is 11.7. The van der Waals surface area contributed by atoms with Crippen LogP contribution in [0.5, 0.6) is 5.75 Å². The zero-order valence-electron chi connectivity index (χ0n) is 12.1. The molecular weight excluding hydrogens is 252 g/mol. The highest BCUT2D eigenvalue weighted by Gasteiger charge is 2.07. The predicted octanol–water partition coefficient (Wildman–Crippen LogP) is 3.35. The minimum absolute atomic E-state index is 0.126. The lowest BCUT2D eigenvalue weighted by atomic mass is 10.1. The Hall–Kier alpha value is -2.10. The molecule has 0 aliphatic heterocycles. The van der Waals surface area contributed by atoms with Crippen molar-refractivity contribution in [2.24, 2.45) is 0 Å². The van der Waals surface area contributed by atoms with Crippen LogP contribution in [0.4, 0.5) is 0 Å². The Morgan fingerprint density at radius 1 is 1.30 bits per heavy atom. The van der Waals surface area contributed by atoms with Crippen molar-refractivity contribution in [2.45, 2.75) is 33.1 Å². The van der Waals surface area contributed by atoms with Gasteiger partial charge in [0.1, 0.15) is 11.6 Å². The number of nitrogens with zero attached hydrogens (tertiary/aromatic N) is 1. The summed E-state index contributed by atoms with van der Waals surface area (Å²) in [6, 6.07) is 9.18. The molecule has 0 saturated carbocycles. The molecule has 0 saturated heterocycles. The van der Waals surface area contributed by atoms with Crippen LogP contribution in [0.15, 0.2) is 35.1 Å². The third-order valence-electron chi connectivity index (χ3n) is 2.93. The van der Waals surface area contributed by atoms with Crippen LogP contribution >= 0.6 is 0 Å². The topological polar surface area (TPSA) is 55.0 Å². The number of hydrogen-bond donors (Lipinski definition) is 1. The molecule has 4 nitrogen and oxygen atoms in total. The fourth-order valence-corrected chi connectivity index (χ4v) is 1.86. The zero-order chi connectivity index (χ0) is 14.5. The molecule has 2 aromatic rings. The first-order valence-corrected chi connectivity index (χ1v) is 6.94. The molecule has 0 atom stereocenters. The van der Waals surface area contributed by atoms with Gasteiger partial charge in [-0.25, -0.2) is 4.98 Å². The first kappa shape index (κ1) is 14.3. The molecule has 2 rings (SSSR count). The lowest BCUT2D eigenvalue weighted by molar-refractivity contribution is 0.317. The van der Waals surface area contributed by atoms with E-state index in [1.165, 1.54) is 0 Å². The number of aromatic nitrogens is 2. The Morgan fingerprint density at radius 3 is 2.80 bits per heavy atom. The first-order valence-electron chi connectivity index (χ1n) is 6.94. The summed E-state index contributed by atoms with van der Waals surface area (Å²) in [5, 5.41) is 0. The Morgan fingerprint density at radius 2 is 2.10 bits per heavy atom. The quantitative estimate of drug-likeness (QED) is 0.908. The van der Waals surface area contributed by atoms with Crippen molar-refractivity contribution in [2.75, 3.05) is 6.61 Å². The van der Waals surface area contributed by atoms with E-state index in [-0.39, 0.29) is 11.5 Å². The van der Waals surface area contributed by atoms with E-state index in [2.05, 4.69) is 16.9 Å². The van der Waals surface area contributed by atoms with Crippen LogP contribution in [-0.2, 0) is 0 Å². The molecule has 20 heavy (non-hydrogen) atoms. The summed E-state index contributed by atoms with van der Waals surface area (Å²) >= 11 is 0. The van der Waals surface area contributed by atoms with Crippen molar-refractivity contribution in [1.82, 2.24) is 9.97 Å². The van der Waals surface area contributed by atoms with Gasteiger partial charge >= 0.3 is 0 Å². The van der Waals surface area contributed by atoms with Gasteiger partial charge in [0, 0.05) is 11.6 Å². The summed E-state index contributed by atoms with van der Waals surface area (Å²) in [6.45, 7) is 6.78. The third-order valence-corrected chi connectivity index (χ3v) is 2.93. The van der Waals surface area contributed by atoms with E-state index in [9.17, 15) is 4.79 Å². The van der Waals surface area contributed by atoms with Gasteiger partial charge in [0.25, 0.3) is 5.56 Å². The lowest BCUT2D eigenvalue weighted by Crippen LogP contribution is -2.11. The van der Waals surface area contributed by atoms with Crippen LogP contribution in [0.25, 0.3) is 11.4 Å². The van der Waals surface area contributed by atoms with Crippen molar-refractivity contribution >= 4 is 0 Å². The van der Waals surface area contributed by atoms with E-state index in [1.807, 2.05) is 38.1 Å². The van der Waals surface area contributed by atoms with Gasteiger partial charge in [-0.2, -0.15) is 0 Å². The van der Waals surface area contributed by atoms with Crippen molar-refractivity contribution < 1.29 is 4.74 Å². The van der Waals surface area contributed by atoms with E-state index in [0.29, 0.717) is 12.4 Å². The molecule has 0 amide bonds. The van der Waals surface area contributed by atoms with Gasteiger partial charge in [-0.05, 0) is 24.5 Å². The van der Waals surface area contributed by atoms with Crippen LogP contribution in [-0.4, -0.2) is 16.6 Å². The third kappa shape index (κ3) is 3.47. The van der Waals surface area contributed by atoms with E-state index in [1.54, 1.807) is 6.07 Å². The van der Waals surface area contributed by atoms with Crippen molar-refractivity contribution in [3.63, 3.8) is 0 Å². The van der Waals surface area contributed by atoms with Gasteiger partial charge in [-0.3, -0.25) is 4.79 Å². The van der Waals surface area contributed by atoms with Gasteiger partial charge in [-0.1, -0.05) is 32.9 Å². The number of aromatic amines is 1. The Kier molecular flexibility index (Phi) is 4.56. The number of nitrogens with one attached hydrogen (secondary N) is 1. The largest absolute Gasteiger partial charge is 0.494 e. The van der Waals surface area contributed by atoms with E-state index >= 15 is 0 Å². The normalized spacial score (nSPS) is 10.8. The molecule has 106 valence electrons. The maximum absolute atomic E-state index is 11.7. The Balaban J connectivity index is 2.38. The molecule has 0 radical (unpaired) electrons. The Labute approximate surface area is 118 Å². The molecule has 1 heterocycles. The minimum atomic E-state index is -0.126. The van der Waals surface area contributed by atoms with Crippen molar-refractivity contribution in [1.29, 1.82) is 0 Å². The highest BCUT2D eigenvalue weighted by molar-refractivity contribution is 5.57. The van der Waals surface area contributed by atoms with Gasteiger partial charge < -0.3 is 9.72 Å². The van der Waals surface area contributed by atoms with Crippen molar-refractivity contribution in [3.05, 3.63) is 46.4 Å². The summed E-state index contributed by atoms with van der Waals surface area (Å²) in [7, 11) is 0. The average molecular weight is 272 g/mol. The predicted molar refractivity (Wildman–Crippen MR) is 80.2 cm³/mol. The monoisotopic (exact) mass is 272 g/mol. The summed E-state index contributed by atoms with van der Waals surface area (Å²) < 4.78 is 5.61. The molecule has 0 unspecified atom stereocenters. The molecular formula is C16H20N2O2. The number of H-pyrrole nitrogens is 1. The van der Waals surface area contributed by atoms with E-state index < -0.39 is 0 Å². The zero-order valence-corrected chi connectivity index (χ0v) is 12.1. The number of ether oxygens (including phenoxy) is 1. The highest BCUT2D eigenvalue weighted by atomic mass is 16.5. The Bertz CT molecular complexity index is 632. The summed E-state index contributed by atoms with van der Waals surface area (Å²) in [4.78, 5) is 19.0. The maximum Gasteiger partial charge on any atom is 0.251 e. The van der Waals surface area contributed by atoms with Crippen LogP contribution in [0.2, 0.25) is 0 Å². The van der Waals surface area contributed by atoms with Gasteiger partial charge in [0.15, 0.2) is 0 Å². The second kappa shape index (κ2) is 6.37. The molecule has 4 heteroatoms. The smallest absolute Gasteiger partial charge is 0.251 e. The van der Waals surface area contributed by atoms with E-state index in [4.69, 9.17) is 4.74 Å². The molecule has 0 fully saturated rings.